The number of halogens is 1. The first-order valence-corrected chi connectivity index (χ1v) is 6.86. The molecule has 0 radical (unpaired) electrons. The fourth-order valence-electron chi connectivity index (χ4n) is 1.62. The first-order chi connectivity index (χ1) is 9.95. The zero-order valence-electron chi connectivity index (χ0n) is 11.5. The van der Waals surface area contributed by atoms with Crippen molar-refractivity contribution in [2.75, 3.05) is 18.9 Å². The minimum atomic E-state index is -0.367. The molecule has 0 bridgehead atoms. The van der Waals surface area contributed by atoms with E-state index in [4.69, 9.17) is 4.52 Å². The van der Waals surface area contributed by atoms with Crippen molar-refractivity contribution in [2.24, 2.45) is 0 Å². The van der Waals surface area contributed by atoms with Crippen LogP contribution in [0.25, 0.3) is 0 Å². The Kier molecular flexibility index (Phi) is 4.69. The number of rotatable bonds is 4. The van der Waals surface area contributed by atoms with Gasteiger partial charge >= 0.3 is 0 Å². The van der Waals surface area contributed by atoms with Crippen molar-refractivity contribution < 1.29 is 14.1 Å². The van der Waals surface area contributed by atoms with Crippen LogP contribution in [0.15, 0.2) is 33.4 Å². The average molecular weight is 353 g/mol. The van der Waals surface area contributed by atoms with Gasteiger partial charge in [-0.1, -0.05) is 11.2 Å². The van der Waals surface area contributed by atoms with E-state index < -0.39 is 0 Å². The van der Waals surface area contributed by atoms with Gasteiger partial charge in [-0.25, -0.2) is 4.98 Å². The van der Waals surface area contributed by atoms with E-state index in [1.165, 1.54) is 11.9 Å². The third kappa shape index (κ3) is 4.12. The van der Waals surface area contributed by atoms with Crippen LogP contribution in [0, 0.1) is 6.92 Å². The molecule has 0 unspecified atom stereocenters. The Morgan fingerprint density at radius 1 is 1.43 bits per heavy atom. The monoisotopic (exact) mass is 352 g/mol. The van der Waals surface area contributed by atoms with Crippen LogP contribution in [0.4, 0.5) is 5.82 Å². The minimum absolute atomic E-state index is 0.112. The lowest BCUT2D eigenvalue weighted by atomic mass is 10.3. The predicted octanol–water partition coefficient (Wildman–Crippen LogP) is 1.85. The van der Waals surface area contributed by atoms with Crippen molar-refractivity contribution in [3.05, 3.63) is 40.3 Å². The normalized spacial score (nSPS) is 10.2. The van der Waals surface area contributed by atoms with E-state index >= 15 is 0 Å². The highest BCUT2D eigenvalue weighted by Crippen LogP contribution is 2.09. The zero-order valence-corrected chi connectivity index (χ0v) is 13.0. The van der Waals surface area contributed by atoms with Gasteiger partial charge in [-0.15, -0.1) is 0 Å². The fraction of sp³-hybridized carbons (Fsp3) is 0.231. The average Bonchev–Trinajstić information content (AvgIpc) is 2.82. The summed E-state index contributed by atoms with van der Waals surface area (Å²) in [6.07, 6.45) is 0. The molecule has 2 heterocycles. The Morgan fingerprint density at radius 3 is 2.81 bits per heavy atom. The Morgan fingerprint density at radius 2 is 2.19 bits per heavy atom. The third-order valence-electron chi connectivity index (χ3n) is 2.56. The minimum Gasteiger partial charge on any atom is -0.360 e. The van der Waals surface area contributed by atoms with Crippen LogP contribution in [0.3, 0.4) is 0 Å². The van der Waals surface area contributed by atoms with E-state index in [9.17, 15) is 9.59 Å². The smallest absolute Gasteiger partial charge is 0.272 e. The molecule has 0 aromatic carbocycles. The van der Waals surface area contributed by atoms with E-state index in [0.29, 0.717) is 16.2 Å². The molecule has 21 heavy (non-hydrogen) atoms. The SMILES string of the molecule is Cc1cc(NC(=O)CN(C)C(=O)c2cccc(Br)n2)no1. The number of likely N-dealkylation sites (N-methyl/N-ethyl adjacent to an activating group) is 1. The fourth-order valence-corrected chi connectivity index (χ4v) is 1.96. The number of nitrogens with zero attached hydrogens (tertiary/aromatic N) is 3. The van der Waals surface area contributed by atoms with Gasteiger partial charge in [0.15, 0.2) is 5.82 Å². The molecule has 7 nitrogen and oxygen atoms in total. The molecule has 8 heteroatoms. The first kappa shape index (κ1) is 15.2. The topological polar surface area (TPSA) is 88.3 Å². The van der Waals surface area contributed by atoms with Gasteiger partial charge in [0.05, 0.1) is 6.54 Å². The first-order valence-electron chi connectivity index (χ1n) is 6.07. The number of carbonyl (C=O) groups excluding carboxylic acids is 2. The van der Waals surface area contributed by atoms with Crippen molar-refractivity contribution in [1.82, 2.24) is 15.0 Å². The van der Waals surface area contributed by atoms with Crippen molar-refractivity contribution >= 4 is 33.6 Å². The van der Waals surface area contributed by atoms with Crippen LogP contribution >= 0.6 is 15.9 Å². The number of aryl methyl sites for hydroxylation is 1. The van der Waals surface area contributed by atoms with E-state index in [-0.39, 0.29) is 24.1 Å². The third-order valence-corrected chi connectivity index (χ3v) is 3.00. The lowest BCUT2D eigenvalue weighted by Crippen LogP contribution is -2.35. The summed E-state index contributed by atoms with van der Waals surface area (Å²) in [6.45, 7) is 1.61. The van der Waals surface area contributed by atoms with Crippen LogP contribution in [0.2, 0.25) is 0 Å². The summed E-state index contributed by atoms with van der Waals surface area (Å²) in [5, 5.41) is 6.19. The zero-order chi connectivity index (χ0) is 15.4. The van der Waals surface area contributed by atoms with Gasteiger partial charge in [-0.3, -0.25) is 9.59 Å². The van der Waals surface area contributed by atoms with Gasteiger partial charge in [0.25, 0.3) is 5.91 Å². The molecule has 2 aromatic rings. The maximum atomic E-state index is 12.1. The number of amides is 2. The lowest BCUT2D eigenvalue weighted by molar-refractivity contribution is -0.116. The second-order valence-corrected chi connectivity index (χ2v) is 5.19. The maximum Gasteiger partial charge on any atom is 0.272 e. The van der Waals surface area contributed by atoms with E-state index in [1.54, 1.807) is 31.2 Å². The molecule has 0 aliphatic rings. The summed E-state index contributed by atoms with van der Waals surface area (Å²) in [5.41, 5.74) is 0.261. The standard InChI is InChI=1S/C13H13BrN4O3/c1-8-6-11(17-21-8)16-12(19)7-18(2)13(20)9-4-3-5-10(14)15-9/h3-6H,7H2,1-2H3,(H,16,17,19). The molecule has 2 rings (SSSR count). The van der Waals surface area contributed by atoms with Crippen LogP contribution < -0.4 is 5.32 Å². The van der Waals surface area contributed by atoms with Gasteiger partial charge in [-0.2, -0.15) is 0 Å². The van der Waals surface area contributed by atoms with Crippen molar-refractivity contribution in [3.63, 3.8) is 0 Å². The second kappa shape index (κ2) is 6.49. The number of hydrogen-bond acceptors (Lipinski definition) is 5. The van der Waals surface area contributed by atoms with E-state index in [1.807, 2.05) is 0 Å². The van der Waals surface area contributed by atoms with E-state index in [2.05, 4.69) is 31.4 Å². The summed E-state index contributed by atoms with van der Waals surface area (Å²) in [6, 6.07) is 6.60. The number of hydrogen-bond donors (Lipinski definition) is 1. The molecule has 2 aromatic heterocycles. The van der Waals surface area contributed by atoms with Crippen molar-refractivity contribution in [3.8, 4) is 0 Å². The molecule has 2 amide bonds. The highest BCUT2D eigenvalue weighted by atomic mass is 79.9. The Bertz CT molecular complexity index is 671. The number of nitrogens with one attached hydrogen (secondary N) is 1. The molecule has 0 fully saturated rings. The van der Waals surface area contributed by atoms with E-state index in [0.717, 1.165) is 0 Å². The Labute approximate surface area is 129 Å². The highest BCUT2D eigenvalue weighted by molar-refractivity contribution is 9.10. The van der Waals surface area contributed by atoms with Crippen LogP contribution in [0.1, 0.15) is 16.2 Å². The van der Waals surface area contributed by atoms with Gasteiger partial charge < -0.3 is 14.7 Å². The quantitative estimate of drug-likeness (QED) is 0.848. The number of anilines is 1. The summed E-state index contributed by atoms with van der Waals surface area (Å²) < 4.78 is 5.40. The summed E-state index contributed by atoms with van der Waals surface area (Å²) in [4.78, 5) is 29.3. The summed E-state index contributed by atoms with van der Waals surface area (Å²) in [5.74, 6) is 0.198. The predicted molar refractivity (Wildman–Crippen MR) is 78.8 cm³/mol. The molecular weight excluding hydrogens is 340 g/mol. The number of pyridine rings is 1. The summed E-state index contributed by atoms with van der Waals surface area (Å²) in [7, 11) is 1.53. The molecule has 1 N–H and O–H groups in total. The van der Waals surface area contributed by atoms with Gasteiger partial charge in [0, 0.05) is 13.1 Å². The van der Waals surface area contributed by atoms with Crippen molar-refractivity contribution in [2.45, 2.75) is 6.92 Å². The number of carbonyl (C=O) groups is 2. The van der Waals surface area contributed by atoms with Gasteiger partial charge in [-0.05, 0) is 35.0 Å². The lowest BCUT2D eigenvalue weighted by Gasteiger charge is -2.15. The molecule has 0 aliphatic heterocycles. The van der Waals surface area contributed by atoms with Crippen LogP contribution in [-0.2, 0) is 4.79 Å². The van der Waals surface area contributed by atoms with Gasteiger partial charge in [0.1, 0.15) is 16.1 Å². The molecular formula is C13H13BrN4O3. The van der Waals surface area contributed by atoms with Gasteiger partial charge in [0.2, 0.25) is 5.91 Å². The molecule has 0 saturated carbocycles. The van der Waals surface area contributed by atoms with Crippen LogP contribution in [0.5, 0.6) is 0 Å². The Balaban J connectivity index is 1.95. The molecule has 0 saturated heterocycles. The van der Waals surface area contributed by atoms with Crippen LogP contribution in [-0.4, -0.2) is 40.4 Å². The summed E-state index contributed by atoms with van der Waals surface area (Å²) >= 11 is 3.20. The number of aromatic nitrogens is 2. The molecule has 110 valence electrons. The highest BCUT2D eigenvalue weighted by Gasteiger charge is 2.17. The second-order valence-electron chi connectivity index (χ2n) is 4.38. The Hall–Kier alpha value is -2.22. The molecule has 0 aliphatic carbocycles. The molecule has 0 atom stereocenters. The molecule has 0 spiro atoms. The van der Waals surface area contributed by atoms with Crippen molar-refractivity contribution in [1.29, 1.82) is 0 Å². The largest absolute Gasteiger partial charge is 0.360 e. The maximum absolute atomic E-state index is 12.1.